The van der Waals surface area contributed by atoms with E-state index in [1.807, 2.05) is 47.4 Å². The van der Waals surface area contributed by atoms with Crippen LogP contribution in [0.15, 0.2) is 54.9 Å². The molecular weight excluding hydrogens is 377 g/mol. The van der Waals surface area contributed by atoms with E-state index in [4.69, 9.17) is 7.85 Å². The van der Waals surface area contributed by atoms with Gasteiger partial charge in [-0.05, 0) is 48.6 Å². The predicted octanol–water partition coefficient (Wildman–Crippen LogP) is 2.65. The number of nitrogens with zero attached hydrogens (tertiary/aromatic N) is 4. The van der Waals surface area contributed by atoms with Crippen molar-refractivity contribution in [3.63, 3.8) is 0 Å². The van der Waals surface area contributed by atoms with Gasteiger partial charge < -0.3 is 20.9 Å². The normalized spacial score (nSPS) is 13.1. The molecule has 2 amide bonds. The van der Waals surface area contributed by atoms with Crippen LogP contribution in [0.25, 0.3) is 0 Å². The first-order valence-corrected chi connectivity index (χ1v) is 9.87. The predicted molar refractivity (Wildman–Crippen MR) is 119 cm³/mol. The highest BCUT2D eigenvalue weighted by Crippen LogP contribution is 2.19. The van der Waals surface area contributed by atoms with Gasteiger partial charge in [-0.15, -0.1) is 0 Å². The van der Waals surface area contributed by atoms with Gasteiger partial charge in [0.05, 0.1) is 12.2 Å². The second kappa shape index (κ2) is 9.26. The molecule has 2 aromatic heterocycles. The Morgan fingerprint density at radius 2 is 1.90 bits per heavy atom. The number of pyridine rings is 1. The molecule has 1 saturated heterocycles. The van der Waals surface area contributed by atoms with E-state index in [0.717, 1.165) is 37.3 Å². The summed E-state index contributed by atoms with van der Waals surface area (Å²) in [7, 11) is 6.00. The van der Waals surface area contributed by atoms with Crippen LogP contribution < -0.4 is 21.4 Å². The fourth-order valence-corrected chi connectivity index (χ4v) is 3.20. The van der Waals surface area contributed by atoms with Crippen molar-refractivity contribution in [2.45, 2.75) is 19.4 Å². The lowest BCUT2D eigenvalue weighted by Crippen LogP contribution is -2.32. The van der Waals surface area contributed by atoms with Crippen LogP contribution in [0.5, 0.6) is 0 Å². The van der Waals surface area contributed by atoms with E-state index in [1.54, 1.807) is 12.4 Å². The molecule has 3 N–H and O–H groups in total. The minimum Gasteiger partial charge on any atom is -0.365 e. The number of anilines is 4. The van der Waals surface area contributed by atoms with Crippen molar-refractivity contribution < 1.29 is 4.79 Å². The molecule has 0 spiro atoms. The monoisotopic (exact) mass is 399 g/mol. The molecule has 0 unspecified atom stereocenters. The van der Waals surface area contributed by atoms with E-state index in [0.29, 0.717) is 29.5 Å². The number of carbonyl (C=O) groups is 1. The fraction of sp³-hybridized carbons (Fsp3) is 0.238. The Balaban J connectivity index is 1.41. The summed E-state index contributed by atoms with van der Waals surface area (Å²) in [4.78, 5) is 27.1. The summed E-state index contributed by atoms with van der Waals surface area (Å²) in [5, 5.41) is 9.27. The molecule has 0 bridgehead atoms. The molecule has 1 aromatic carbocycles. The Hall–Kier alpha value is -3.62. The Kier molecular flexibility index (Phi) is 6.07. The van der Waals surface area contributed by atoms with Crippen LogP contribution in [0.4, 0.5) is 27.9 Å². The molecule has 0 atom stereocenters. The zero-order valence-corrected chi connectivity index (χ0v) is 16.5. The van der Waals surface area contributed by atoms with Crippen LogP contribution in [-0.4, -0.2) is 46.8 Å². The number of amides is 2. The lowest BCUT2D eigenvalue weighted by atomic mass is 9.99. The van der Waals surface area contributed by atoms with Crippen molar-refractivity contribution in [3.8, 4) is 0 Å². The summed E-state index contributed by atoms with van der Waals surface area (Å²) >= 11 is 0. The number of likely N-dealkylation sites (tertiary alicyclic amines) is 1. The second-order valence-electron chi connectivity index (χ2n) is 7.00. The topological polar surface area (TPSA) is 95.1 Å². The van der Waals surface area contributed by atoms with Gasteiger partial charge in [-0.3, -0.25) is 4.98 Å². The molecule has 8 nitrogen and oxygen atoms in total. The van der Waals surface area contributed by atoms with Gasteiger partial charge in [0.15, 0.2) is 0 Å². The van der Waals surface area contributed by atoms with Gasteiger partial charge in [0.2, 0.25) is 5.95 Å². The SMILES string of the molecule is [B]c1cnc(Nc2cccc(NC(=O)N3CCCC3)c2)nc1NCc1ccccn1. The third kappa shape index (κ3) is 5.05. The lowest BCUT2D eigenvalue weighted by Gasteiger charge is -2.16. The van der Waals surface area contributed by atoms with Crippen LogP contribution in [0.1, 0.15) is 18.5 Å². The van der Waals surface area contributed by atoms with Crippen LogP contribution in [0, 0.1) is 0 Å². The van der Waals surface area contributed by atoms with Crippen LogP contribution in [0.2, 0.25) is 0 Å². The maximum atomic E-state index is 12.3. The average Bonchev–Trinajstić information content (AvgIpc) is 3.30. The quantitative estimate of drug-likeness (QED) is 0.552. The van der Waals surface area contributed by atoms with Crippen LogP contribution in [0.3, 0.4) is 0 Å². The molecule has 9 heteroatoms. The molecule has 2 radical (unpaired) electrons. The van der Waals surface area contributed by atoms with Gasteiger partial charge in [0.25, 0.3) is 0 Å². The molecule has 0 saturated carbocycles. The molecule has 150 valence electrons. The van der Waals surface area contributed by atoms with Crippen molar-refractivity contribution in [2.75, 3.05) is 29.0 Å². The van der Waals surface area contributed by atoms with Crippen LogP contribution in [-0.2, 0) is 6.54 Å². The van der Waals surface area contributed by atoms with Gasteiger partial charge in [-0.1, -0.05) is 12.1 Å². The van der Waals surface area contributed by atoms with Crippen molar-refractivity contribution in [2.24, 2.45) is 0 Å². The summed E-state index contributed by atoms with van der Waals surface area (Å²) in [5.41, 5.74) is 2.80. The minimum atomic E-state index is -0.0746. The van der Waals surface area contributed by atoms with Gasteiger partial charge in [0.1, 0.15) is 13.7 Å². The molecule has 4 rings (SSSR count). The van der Waals surface area contributed by atoms with E-state index in [1.165, 1.54) is 0 Å². The van der Waals surface area contributed by atoms with Gasteiger partial charge >= 0.3 is 6.03 Å². The summed E-state index contributed by atoms with van der Waals surface area (Å²) < 4.78 is 0. The largest absolute Gasteiger partial charge is 0.365 e. The Morgan fingerprint density at radius 3 is 2.70 bits per heavy atom. The number of urea groups is 1. The lowest BCUT2D eigenvalue weighted by molar-refractivity contribution is 0.222. The summed E-state index contributed by atoms with van der Waals surface area (Å²) in [5.74, 6) is 0.924. The molecule has 3 heterocycles. The molecule has 1 aliphatic heterocycles. The maximum absolute atomic E-state index is 12.3. The average molecular weight is 399 g/mol. The van der Waals surface area contributed by atoms with Crippen molar-refractivity contribution in [1.82, 2.24) is 19.9 Å². The van der Waals surface area contributed by atoms with E-state index >= 15 is 0 Å². The Labute approximate surface area is 176 Å². The van der Waals surface area contributed by atoms with E-state index < -0.39 is 0 Å². The highest BCUT2D eigenvalue weighted by molar-refractivity contribution is 6.35. The van der Waals surface area contributed by atoms with E-state index in [2.05, 4.69) is 30.9 Å². The summed E-state index contributed by atoms with van der Waals surface area (Å²) in [6.45, 7) is 2.11. The summed E-state index contributed by atoms with van der Waals surface area (Å²) in [6, 6.07) is 13.1. The number of aromatic nitrogens is 3. The molecule has 1 fully saturated rings. The standard InChI is InChI=1S/C21H22BN7O/c22-18-14-25-20(28-19(18)24-13-17-6-1-2-9-23-17)26-15-7-5-8-16(12-15)27-21(30)29-10-3-4-11-29/h1-2,5-9,12,14H,3-4,10-11,13H2,(H,27,30)(H2,24,25,26,28). The third-order valence-electron chi connectivity index (χ3n) is 4.74. The number of hydrogen-bond donors (Lipinski definition) is 3. The third-order valence-corrected chi connectivity index (χ3v) is 4.74. The van der Waals surface area contributed by atoms with Gasteiger partial charge in [-0.25, -0.2) is 9.78 Å². The molecule has 30 heavy (non-hydrogen) atoms. The van der Waals surface area contributed by atoms with E-state index in [-0.39, 0.29) is 6.03 Å². The van der Waals surface area contributed by atoms with Crippen molar-refractivity contribution in [3.05, 3.63) is 60.6 Å². The summed E-state index contributed by atoms with van der Waals surface area (Å²) in [6.07, 6.45) is 5.40. The zero-order valence-electron chi connectivity index (χ0n) is 16.5. The minimum absolute atomic E-state index is 0.0746. The van der Waals surface area contributed by atoms with Crippen molar-refractivity contribution >= 4 is 42.5 Å². The number of rotatable bonds is 6. The fourth-order valence-electron chi connectivity index (χ4n) is 3.20. The smallest absolute Gasteiger partial charge is 0.321 e. The first-order chi connectivity index (χ1) is 14.7. The van der Waals surface area contributed by atoms with Crippen molar-refractivity contribution in [1.29, 1.82) is 0 Å². The highest BCUT2D eigenvalue weighted by Gasteiger charge is 2.17. The first kappa shape index (κ1) is 19.7. The molecule has 3 aromatic rings. The number of hydrogen-bond acceptors (Lipinski definition) is 6. The Morgan fingerprint density at radius 1 is 1.07 bits per heavy atom. The molecule has 0 aliphatic carbocycles. The second-order valence-corrected chi connectivity index (χ2v) is 7.00. The highest BCUT2D eigenvalue weighted by atomic mass is 16.2. The van der Waals surface area contributed by atoms with E-state index in [9.17, 15) is 4.79 Å². The maximum Gasteiger partial charge on any atom is 0.321 e. The number of carbonyl (C=O) groups excluding carboxylic acids is 1. The van der Waals surface area contributed by atoms with Gasteiger partial charge in [0, 0.05) is 36.9 Å². The van der Waals surface area contributed by atoms with Crippen LogP contribution >= 0.6 is 0 Å². The Bertz CT molecular complexity index is 1010. The number of nitrogens with one attached hydrogen (secondary N) is 3. The number of benzene rings is 1. The first-order valence-electron chi connectivity index (χ1n) is 9.87. The van der Waals surface area contributed by atoms with Gasteiger partial charge in [-0.2, -0.15) is 4.98 Å². The molecule has 1 aliphatic rings. The zero-order chi connectivity index (χ0) is 20.8. The molecular formula is C21H22BN7O.